The second kappa shape index (κ2) is 8.91. The van der Waals surface area contributed by atoms with E-state index in [0.717, 1.165) is 12.1 Å². The van der Waals surface area contributed by atoms with Crippen LogP contribution in [0, 0.1) is 28.9 Å². The van der Waals surface area contributed by atoms with Crippen molar-refractivity contribution in [3.63, 3.8) is 0 Å². The van der Waals surface area contributed by atoms with Crippen LogP contribution in [0.15, 0.2) is 41.3 Å². The van der Waals surface area contributed by atoms with E-state index in [1.165, 1.54) is 24.3 Å². The van der Waals surface area contributed by atoms with Gasteiger partial charge in [-0.2, -0.15) is 5.26 Å². The first-order valence-electron chi connectivity index (χ1n) is 10.9. The second-order valence-electron chi connectivity index (χ2n) is 8.68. The summed E-state index contributed by atoms with van der Waals surface area (Å²) in [5.41, 5.74) is -0.102. The largest absolute Gasteiger partial charge is 0.490 e. The van der Waals surface area contributed by atoms with Gasteiger partial charge in [-0.25, -0.2) is 30.3 Å². The lowest BCUT2D eigenvalue weighted by atomic mass is 9.71. The Balaban J connectivity index is 1.85. The SMILES string of the molecule is CCCS(=O)(=O)N[C@@H]1CC[C@@]2(S(=O)(=O)c3ccc(C#N)cc3)c3c(F)ccc(F)c3OC[C@H]2C1. The fourth-order valence-electron chi connectivity index (χ4n) is 5.12. The second-order valence-corrected chi connectivity index (χ2v) is 12.8. The summed E-state index contributed by atoms with van der Waals surface area (Å²) in [5.74, 6) is -3.10. The van der Waals surface area contributed by atoms with Crippen molar-refractivity contribution in [2.24, 2.45) is 5.92 Å². The van der Waals surface area contributed by atoms with Crippen molar-refractivity contribution < 1.29 is 30.4 Å². The summed E-state index contributed by atoms with van der Waals surface area (Å²) in [4.78, 5) is -0.127. The van der Waals surface area contributed by atoms with Crippen LogP contribution in [0.5, 0.6) is 5.75 Å². The van der Waals surface area contributed by atoms with Gasteiger partial charge >= 0.3 is 0 Å². The lowest BCUT2D eigenvalue weighted by molar-refractivity contribution is 0.113. The number of sulfonamides is 1. The Morgan fingerprint density at radius 1 is 1.12 bits per heavy atom. The number of rotatable bonds is 6. The van der Waals surface area contributed by atoms with Crippen molar-refractivity contribution in [3.8, 4) is 11.8 Å². The number of benzene rings is 2. The number of sulfone groups is 1. The van der Waals surface area contributed by atoms with Crippen molar-refractivity contribution in [2.45, 2.75) is 48.3 Å². The van der Waals surface area contributed by atoms with Gasteiger partial charge in [0.15, 0.2) is 21.4 Å². The zero-order valence-electron chi connectivity index (χ0n) is 18.4. The number of hydrogen-bond donors (Lipinski definition) is 1. The van der Waals surface area contributed by atoms with E-state index in [1.807, 2.05) is 6.07 Å². The topological polar surface area (TPSA) is 113 Å². The average Bonchev–Trinajstić information content (AvgIpc) is 2.80. The number of halogens is 2. The van der Waals surface area contributed by atoms with Crippen LogP contribution in [0.4, 0.5) is 8.78 Å². The lowest BCUT2D eigenvalue weighted by Gasteiger charge is -2.49. The molecule has 1 heterocycles. The zero-order chi connectivity index (χ0) is 24.7. The number of nitrogens with one attached hydrogen (secondary N) is 1. The van der Waals surface area contributed by atoms with Crippen LogP contribution in [0.1, 0.15) is 43.7 Å². The average molecular weight is 511 g/mol. The Hall–Kier alpha value is -2.55. The third-order valence-electron chi connectivity index (χ3n) is 6.60. The molecule has 7 nitrogen and oxygen atoms in total. The van der Waals surface area contributed by atoms with Crippen LogP contribution >= 0.6 is 0 Å². The van der Waals surface area contributed by atoms with E-state index in [0.29, 0.717) is 6.42 Å². The Bertz CT molecular complexity index is 1350. The number of nitrogens with zero attached hydrogens (tertiary/aromatic N) is 1. The molecule has 1 saturated carbocycles. The summed E-state index contributed by atoms with van der Waals surface area (Å²) in [6.45, 7) is 1.52. The highest BCUT2D eigenvalue weighted by Crippen LogP contribution is 2.56. The Morgan fingerprint density at radius 2 is 1.79 bits per heavy atom. The van der Waals surface area contributed by atoms with Crippen LogP contribution in [-0.2, 0) is 24.6 Å². The molecule has 2 aliphatic rings. The number of nitriles is 1. The normalized spacial score (nSPS) is 24.4. The molecule has 2 aromatic carbocycles. The maximum absolute atomic E-state index is 15.2. The number of hydrogen-bond acceptors (Lipinski definition) is 6. The molecule has 0 radical (unpaired) electrons. The van der Waals surface area contributed by atoms with Gasteiger partial charge < -0.3 is 4.74 Å². The first kappa shape index (κ1) is 24.6. The molecular formula is C23H24F2N2O5S2. The van der Waals surface area contributed by atoms with Gasteiger partial charge in [0.05, 0.1) is 34.5 Å². The molecule has 1 aliphatic carbocycles. The van der Waals surface area contributed by atoms with E-state index in [-0.39, 0.29) is 47.6 Å². The van der Waals surface area contributed by atoms with E-state index in [2.05, 4.69) is 4.72 Å². The van der Waals surface area contributed by atoms with Crippen LogP contribution in [-0.4, -0.2) is 35.2 Å². The fourth-order valence-corrected chi connectivity index (χ4v) is 8.87. The van der Waals surface area contributed by atoms with Crippen LogP contribution in [0.25, 0.3) is 0 Å². The Kier molecular flexibility index (Phi) is 6.44. The molecule has 0 amide bonds. The predicted molar refractivity (Wildman–Crippen MR) is 120 cm³/mol. The van der Waals surface area contributed by atoms with Gasteiger partial charge in [0.25, 0.3) is 0 Å². The molecule has 4 rings (SSSR count). The third kappa shape index (κ3) is 3.97. The lowest BCUT2D eigenvalue weighted by Crippen LogP contribution is -2.55. The smallest absolute Gasteiger partial charge is 0.211 e. The quantitative estimate of drug-likeness (QED) is 0.637. The van der Waals surface area contributed by atoms with Crippen LogP contribution in [0.3, 0.4) is 0 Å². The van der Waals surface area contributed by atoms with Gasteiger partial charge in [-0.15, -0.1) is 0 Å². The van der Waals surface area contributed by atoms with Gasteiger partial charge in [-0.1, -0.05) is 6.92 Å². The van der Waals surface area contributed by atoms with Gasteiger partial charge in [0.1, 0.15) is 10.6 Å². The highest BCUT2D eigenvalue weighted by atomic mass is 32.2. The molecule has 1 aliphatic heterocycles. The summed E-state index contributed by atoms with van der Waals surface area (Å²) >= 11 is 0. The van der Waals surface area contributed by atoms with Crippen LogP contribution < -0.4 is 9.46 Å². The van der Waals surface area contributed by atoms with Gasteiger partial charge in [0, 0.05) is 12.0 Å². The van der Waals surface area contributed by atoms with Gasteiger partial charge in [-0.05, 0) is 62.1 Å². The fraction of sp³-hybridized carbons (Fsp3) is 0.435. The van der Waals surface area contributed by atoms with E-state index < -0.39 is 54.0 Å². The molecule has 3 atom stereocenters. The summed E-state index contributed by atoms with van der Waals surface area (Å²) in [5, 5.41) is 9.06. The van der Waals surface area contributed by atoms with Crippen molar-refractivity contribution in [1.82, 2.24) is 4.72 Å². The maximum Gasteiger partial charge on any atom is 0.211 e. The first-order valence-corrected chi connectivity index (χ1v) is 14.1. The van der Waals surface area contributed by atoms with Gasteiger partial charge in [-0.3, -0.25) is 0 Å². The molecule has 1 N–H and O–H groups in total. The molecule has 2 aromatic rings. The highest BCUT2D eigenvalue weighted by molar-refractivity contribution is 7.92. The maximum atomic E-state index is 15.2. The van der Waals surface area contributed by atoms with Crippen molar-refractivity contribution in [3.05, 3.63) is 59.2 Å². The molecular weight excluding hydrogens is 486 g/mol. The summed E-state index contributed by atoms with van der Waals surface area (Å²) in [6.07, 6.45) is 0.484. The summed E-state index contributed by atoms with van der Waals surface area (Å²) < 4.78 is 89.0. The van der Waals surface area contributed by atoms with E-state index >= 15 is 4.39 Å². The molecule has 0 saturated heterocycles. The summed E-state index contributed by atoms with van der Waals surface area (Å²) in [6, 6.07) is 8.39. The predicted octanol–water partition coefficient (Wildman–Crippen LogP) is 3.40. The van der Waals surface area contributed by atoms with Crippen molar-refractivity contribution >= 4 is 19.9 Å². The Labute approximate surface area is 197 Å². The van der Waals surface area contributed by atoms with Gasteiger partial charge in [0.2, 0.25) is 10.0 Å². The van der Waals surface area contributed by atoms with Crippen molar-refractivity contribution in [1.29, 1.82) is 5.26 Å². The molecule has 0 spiro atoms. The molecule has 0 aromatic heterocycles. The third-order valence-corrected chi connectivity index (χ3v) is 10.8. The molecule has 0 bridgehead atoms. The monoisotopic (exact) mass is 510 g/mol. The van der Waals surface area contributed by atoms with Crippen LogP contribution in [0.2, 0.25) is 0 Å². The minimum Gasteiger partial charge on any atom is -0.490 e. The van der Waals surface area contributed by atoms with E-state index in [9.17, 15) is 21.2 Å². The zero-order valence-corrected chi connectivity index (χ0v) is 20.1. The minimum atomic E-state index is -4.31. The molecule has 0 unspecified atom stereocenters. The number of ether oxygens (including phenoxy) is 1. The van der Waals surface area contributed by atoms with E-state index in [1.54, 1.807) is 6.92 Å². The highest BCUT2D eigenvalue weighted by Gasteiger charge is 2.59. The molecule has 34 heavy (non-hydrogen) atoms. The van der Waals surface area contributed by atoms with Crippen molar-refractivity contribution in [2.75, 3.05) is 12.4 Å². The minimum absolute atomic E-state index is 0.0674. The van der Waals surface area contributed by atoms with E-state index in [4.69, 9.17) is 10.00 Å². The number of fused-ring (bicyclic) bond motifs is 3. The molecule has 182 valence electrons. The first-order chi connectivity index (χ1) is 16.1. The summed E-state index contributed by atoms with van der Waals surface area (Å²) in [7, 11) is -7.88. The standard InChI is InChI=1S/C23H24F2N2O5S2/c1-2-11-33(28,29)27-17-9-10-23(34(30,31)18-5-3-15(13-26)4-6-18)16(12-17)14-32-22-20(25)8-7-19(24)21(22)23/h3-8,16-17,27H,2,9-12,14H2,1H3/t16-,17-,23+/m1/s1. The molecule has 11 heteroatoms. The Morgan fingerprint density at radius 3 is 2.44 bits per heavy atom. The molecule has 1 fully saturated rings.